The minimum absolute atomic E-state index is 0.0231. The van der Waals surface area contributed by atoms with Gasteiger partial charge < -0.3 is 4.74 Å². The smallest absolute Gasteiger partial charge is 0.252 e. The highest BCUT2D eigenvalue weighted by Gasteiger charge is 2.42. The van der Waals surface area contributed by atoms with Crippen molar-refractivity contribution in [3.63, 3.8) is 0 Å². The lowest BCUT2D eigenvalue weighted by Gasteiger charge is -2.34. The average Bonchev–Trinajstić information content (AvgIpc) is 3.33. The second kappa shape index (κ2) is 13.7. The van der Waals surface area contributed by atoms with Crippen LogP contribution in [0.1, 0.15) is 0 Å². The molecule has 9 aromatic rings. The molecular weight excluding hydrogens is 703 g/mol. The third-order valence-electron chi connectivity index (χ3n) is 12.1. The lowest BCUT2D eigenvalue weighted by molar-refractivity contribution is 0.488. The van der Waals surface area contributed by atoms with Crippen LogP contribution >= 0.6 is 0 Å². The monoisotopic (exact) mass is 740 g/mol. The van der Waals surface area contributed by atoms with Crippen LogP contribution in [0.4, 0.5) is 0 Å². The van der Waals surface area contributed by atoms with Crippen molar-refractivity contribution in [2.75, 3.05) is 0 Å². The van der Waals surface area contributed by atoms with Gasteiger partial charge in [-0.2, -0.15) is 0 Å². The van der Waals surface area contributed by atoms with E-state index >= 15 is 0 Å². The van der Waals surface area contributed by atoms with Gasteiger partial charge in [0.05, 0.1) is 0 Å². The zero-order chi connectivity index (χ0) is 37.8. The summed E-state index contributed by atoms with van der Waals surface area (Å²) < 4.78 is 7.04. The van der Waals surface area contributed by atoms with Gasteiger partial charge in [0.2, 0.25) is 0 Å². The molecule has 0 atom stereocenters. The molecule has 2 aliphatic rings. The van der Waals surface area contributed by atoms with Crippen molar-refractivity contribution in [2.24, 2.45) is 0 Å². The molecule has 0 aliphatic carbocycles. The summed E-state index contributed by atoms with van der Waals surface area (Å²) in [5.74, 6) is 1.82. The molecule has 2 aliphatic heterocycles. The van der Waals surface area contributed by atoms with Crippen LogP contribution in [-0.2, 0) is 0 Å². The Labute approximate surface area is 335 Å². The van der Waals surface area contributed by atoms with E-state index in [0.29, 0.717) is 0 Å². The molecule has 2 heterocycles. The lowest BCUT2D eigenvalue weighted by Crippen LogP contribution is -2.74. The van der Waals surface area contributed by atoms with Crippen LogP contribution in [-0.4, -0.2) is 14.8 Å². The summed E-state index contributed by atoms with van der Waals surface area (Å²) >= 11 is 0. The Bertz CT molecular complexity index is 2840. The zero-order valence-corrected chi connectivity index (χ0v) is 32.3. The van der Waals surface area contributed by atoms with E-state index < -0.39 is 8.07 Å². The number of hydrogen-bond donors (Lipinski definition) is 0. The standard InChI is InChI=1S/C54H37BOSi/c1-4-20-40(21-5-1)57(41-22-6-2-7-23-41,42-24-8-3-9-25-42)43-26-18-19-38(35-43)39-36-49-47-30-13-11-28-45(47)44-27-10-12-29-46(44)48-31-14-15-32-50(48)55-51-33-16-17-34-52(51)56-53(37-39)54(49)55/h1-37H. The fraction of sp³-hybridized carbons (Fsp3) is 0. The maximum Gasteiger partial charge on any atom is 0.252 e. The van der Waals surface area contributed by atoms with Crippen molar-refractivity contribution in [1.29, 1.82) is 0 Å². The molecule has 3 heteroatoms. The van der Waals surface area contributed by atoms with Gasteiger partial charge in [-0.1, -0.05) is 212 Å². The van der Waals surface area contributed by atoms with E-state index in [0.717, 1.165) is 17.1 Å². The highest BCUT2D eigenvalue weighted by Crippen LogP contribution is 2.42. The van der Waals surface area contributed by atoms with E-state index in [9.17, 15) is 0 Å². The van der Waals surface area contributed by atoms with Crippen LogP contribution in [0.25, 0.3) is 44.5 Å². The van der Waals surface area contributed by atoms with E-state index in [1.807, 2.05) is 0 Å². The SMILES string of the molecule is c1ccc([Si](c2ccccc2)(c2ccccc2)c2cccc(-c3cc4c5c(c3)-c3ccccc3-c3ccccc3-c3ccccc3B5c3ccccc3O4)c2)cc1. The molecule has 0 spiro atoms. The van der Waals surface area contributed by atoms with Crippen LogP contribution < -0.4 is 41.9 Å². The highest BCUT2D eigenvalue weighted by molar-refractivity contribution is 7.20. The van der Waals surface area contributed by atoms with Gasteiger partial charge in [-0.25, -0.2) is 0 Å². The van der Waals surface area contributed by atoms with Gasteiger partial charge >= 0.3 is 0 Å². The summed E-state index contributed by atoms with van der Waals surface area (Å²) in [4.78, 5) is 0. The molecule has 0 fully saturated rings. The fourth-order valence-electron chi connectivity index (χ4n) is 9.70. The molecule has 11 rings (SSSR count). The number of para-hydroxylation sites is 1. The summed E-state index contributed by atoms with van der Waals surface area (Å²) in [6.45, 7) is -0.0231. The first-order valence-electron chi connectivity index (χ1n) is 19.8. The quantitative estimate of drug-likeness (QED) is 0.127. The maximum absolute atomic E-state index is 7.04. The lowest BCUT2D eigenvalue weighted by atomic mass is 9.34. The van der Waals surface area contributed by atoms with Gasteiger partial charge in [0.1, 0.15) is 11.5 Å². The Morgan fingerprint density at radius 3 is 1.35 bits per heavy atom. The first kappa shape index (κ1) is 33.4. The highest BCUT2D eigenvalue weighted by atomic mass is 28.3. The average molecular weight is 741 g/mol. The van der Waals surface area contributed by atoms with Crippen LogP contribution in [0, 0.1) is 0 Å². The van der Waals surface area contributed by atoms with Gasteiger partial charge in [-0.05, 0) is 94.4 Å². The number of benzene rings is 9. The molecule has 0 amide bonds. The van der Waals surface area contributed by atoms with E-state index in [2.05, 4.69) is 224 Å². The second-order valence-electron chi connectivity index (χ2n) is 15.1. The van der Waals surface area contributed by atoms with Gasteiger partial charge in [-0.15, -0.1) is 0 Å². The van der Waals surface area contributed by atoms with E-state index in [1.165, 1.54) is 76.1 Å². The molecule has 57 heavy (non-hydrogen) atoms. The predicted octanol–water partition coefficient (Wildman–Crippen LogP) is 8.67. The third kappa shape index (κ3) is 5.31. The summed E-state index contributed by atoms with van der Waals surface area (Å²) in [6, 6.07) is 83.0. The largest absolute Gasteiger partial charge is 0.458 e. The molecule has 0 saturated heterocycles. The summed E-state index contributed by atoms with van der Waals surface area (Å²) in [6.07, 6.45) is 0. The van der Waals surface area contributed by atoms with Gasteiger partial charge in [0, 0.05) is 0 Å². The van der Waals surface area contributed by atoms with Crippen molar-refractivity contribution < 1.29 is 4.74 Å². The summed E-state index contributed by atoms with van der Waals surface area (Å²) in [5, 5.41) is 5.42. The second-order valence-corrected chi connectivity index (χ2v) is 18.9. The first-order chi connectivity index (χ1) is 28.3. The predicted molar refractivity (Wildman–Crippen MR) is 243 cm³/mol. The number of ether oxygens (including phenoxy) is 1. The Kier molecular flexibility index (Phi) is 8.01. The number of hydrogen-bond acceptors (Lipinski definition) is 1. The molecule has 0 radical (unpaired) electrons. The normalized spacial score (nSPS) is 12.3. The van der Waals surface area contributed by atoms with Crippen LogP contribution in [0.15, 0.2) is 224 Å². The van der Waals surface area contributed by atoms with Crippen molar-refractivity contribution in [3.8, 4) is 56.0 Å². The minimum atomic E-state index is -2.75. The van der Waals surface area contributed by atoms with Crippen molar-refractivity contribution in [2.45, 2.75) is 0 Å². The third-order valence-corrected chi connectivity index (χ3v) is 16.9. The molecule has 9 aromatic carbocycles. The zero-order valence-electron chi connectivity index (χ0n) is 31.3. The van der Waals surface area contributed by atoms with Crippen LogP contribution in [0.3, 0.4) is 0 Å². The van der Waals surface area contributed by atoms with Crippen molar-refractivity contribution in [3.05, 3.63) is 224 Å². The molecule has 0 saturated carbocycles. The van der Waals surface area contributed by atoms with Crippen molar-refractivity contribution in [1.82, 2.24) is 0 Å². The van der Waals surface area contributed by atoms with Crippen molar-refractivity contribution >= 4 is 51.9 Å². The van der Waals surface area contributed by atoms with E-state index in [4.69, 9.17) is 4.74 Å². The Hall–Kier alpha value is -6.94. The molecular formula is C54H37BOSi. The molecule has 0 bridgehead atoms. The van der Waals surface area contributed by atoms with Crippen LogP contribution in [0.2, 0.25) is 0 Å². The Morgan fingerprint density at radius 2 is 0.754 bits per heavy atom. The number of fused-ring (bicyclic) bond motifs is 9. The molecule has 0 N–H and O–H groups in total. The fourth-order valence-corrected chi connectivity index (χ4v) is 14.5. The van der Waals surface area contributed by atoms with Gasteiger partial charge in [0.15, 0.2) is 8.07 Å². The van der Waals surface area contributed by atoms with E-state index in [1.54, 1.807) is 0 Å². The van der Waals surface area contributed by atoms with E-state index in [-0.39, 0.29) is 6.71 Å². The molecule has 0 aromatic heterocycles. The summed E-state index contributed by atoms with van der Waals surface area (Å²) in [5.41, 5.74) is 13.4. The Morgan fingerprint density at radius 1 is 0.298 bits per heavy atom. The molecule has 1 nitrogen and oxygen atoms in total. The van der Waals surface area contributed by atoms with Gasteiger partial charge in [-0.3, -0.25) is 0 Å². The number of rotatable bonds is 5. The van der Waals surface area contributed by atoms with Gasteiger partial charge in [0.25, 0.3) is 6.71 Å². The summed E-state index contributed by atoms with van der Waals surface area (Å²) in [7, 11) is -2.75. The molecule has 0 unspecified atom stereocenters. The first-order valence-corrected chi connectivity index (χ1v) is 21.8. The topological polar surface area (TPSA) is 9.23 Å². The molecule has 266 valence electrons. The van der Waals surface area contributed by atoms with Crippen LogP contribution in [0.5, 0.6) is 11.5 Å². The Balaban J connectivity index is 1.21. The minimum Gasteiger partial charge on any atom is -0.458 e. The maximum atomic E-state index is 7.04.